The molecule has 0 amide bonds. The van der Waals surface area contributed by atoms with E-state index in [1.807, 2.05) is 0 Å². The molecular weight excluding hydrogens is 362 g/mol. The van der Waals surface area contributed by atoms with E-state index in [0.29, 0.717) is 27.5 Å². The van der Waals surface area contributed by atoms with Crippen LogP contribution in [0.4, 0.5) is 17.6 Å². The van der Waals surface area contributed by atoms with Gasteiger partial charge in [-0.1, -0.05) is 0 Å². The van der Waals surface area contributed by atoms with Gasteiger partial charge in [0.25, 0.3) is 0 Å². The van der Waals surface area contributed by atoms with Crippen molar-refractivity contribution in [2.45, 2.75) is 6.18 Å². The van der Waals surface area contributed by atoms with Gasteiger partial charge in [-0.2, -0.15) is 13.2 Å². The average molecular weight is 373 g/mol. The molecule has 3 nitrogen and oxygen atoms in total. The summed E-state index contributed by atoms with van der Waals surface area (Å²) in [6, 6.07) is 13.1. The van der Waals surface area contributed by atoms with Gasteiger partial charge in [-0.05, 0) is 60.7 Å². The number of halogens is 4. The van der Waals surface area contributed by atoms with Crippen LogP contribution in [0, 0.1) is 5.82 Å². The van der Waals surface area contributed by atoms with Crippen molar-refractivity contribution in [2.24, 2.45) is 0 Å². The minimum atomic E-state index is -4.45. The van der Waals surface area contributed by atoms with Gasteiger partial charge in [0.05, 0.1) is 22.2 Å². The molecule has 0 aliphatic heterocycles. The van der Waals surface area contributed by atoms with Crippen LogP contribution in [-0.2, 0) is 6.18 Å². The Kier molecular flexibility index (Phi) is 3.69. The first kappa shape index (κ1) is 17.1. The minimum Gasteiger partial charge on any atom is -0.478 e. The molecule has 1 aromatic heterocycles. The third kappa shape index (κ3) is 2.81. The highest BCUT2D eigenvalue weighted by molar-refractivity contribution is 6.11. The lowest BCUT2D eigenvalue weighted by Crippen LogP contribution is -2.05. The van der Waals surface area contributed by atoms with E-state index in [1.54, 1.807) is 10.6 Å². The van der Waals surface area contributed by atoms with Gasteiger partial charge in [0.2, 0.25) is 0 Å². The second-order valence-corrected chi connectivity index (χ2v) is 6.08. The zero-order chi connectivity index (χ0) is 19.3. The first-order chi connectivity index (χ1) is 12.8. The molecule has 0 bridgehead atoms. The number of aromatic nitrogens is 1. The van der Waals surface area contributed by atoms with Crippen molar-refractivity contribution in [3.63, 3.8) is 0 Å². The van der Waals surface area contributed by atoms with Crippen molar-refractivity contribution in [1.82, 2.24) is 4.57 Å². The van der Waals surface area contributed by atoms with Crippen LogP contribution in [0.5, 0.6) is 0 Å². The third-order valence-corrected chi connectivity index (χ3v) is 4.43. The van der Waals surface area contributed by atoms with Crippen LogP contribution >= 0.6 is 0 Å². The van der Waals surface area contributed by atoms with Gasteiger partial charge in [-0.25, -0.2) is 9.18 Å². The maximum atomic E-state index is 13.8. The molecule has 136 valence electrons. The van der Waals surface area contributed by atoms with E-state index >= 15 is 0 Å². The van der Waals surface area contributed by atoms with Crippen molar-refractivity contribution in [2.75, 3.05) is 0 Å². The number of hydrogen-bond acceptors (Lipinski definition) is 1. The summed E-state index contributed by atoms with van der Waals surface area (Å²) in [5.74, 6) is -1.61. The number of benzene rings is 3. The van der Waals surface area contributed by atoms with Crippen LogP contribution in [-0.4, -0.2) is 15.6 Å². The Bertz CT molecular complexity index is 1190. The van der Waals surface area contributed by atoms with Gasteiger partial charge < -0.3 is 9.67 Å². The van der Waals surface area contributed by atoms with Crippen molar-refractivity contribution in [1.29, 1.82) is 0 Å². The summed E-state index contributed by atoms with van der Waals surface area (Å²) >= 11 is 0. The number of rotatable bonds is 2. The van der Waals surface area contributed by atoms with Gasteiger partial charge in [-0.3, -0.25) is 0 Å². The quantitative estimate of drug-likeness (QED) is 0.462. The Morgan fingerprint density at radius 3 is 2.04 bits per heavy atom. The molecule has 0 fully saturated rings. The lowest BCUT2D eigenvalue weighted by atomic mass is 10.1. The SMILES string of the molecule is O=C(O)c1ccc2c(c1)c1cc(F)ccc1n2-c1ccc(C(F)(F)F)cc1. The first-order valence-electron chi connectivity index (χ1n) is 7.90. The Balaban J connectivity index is 2.03. The first-order valence-corrected chi connectivity index (χ1v) is 7.90. The molecule has 27 heavy (non-hydrogen) atoms. The number of carboxylic acid groups (broad SMARTS) is 1. The van der Waals surface area contributed by atoms with Crippen molar-refractivity contribution >= 4 is 27.8 Å². The Morgan fingerprint density at radius 2 is 1.44 bits per heavy atom. The van der Waals surface area contributed by atoms with Crippen molar-refractivity contribution in [3.8, 4) is 5.69 Å². The molecule has 4 aromatic rings. The molecule has 0 saturated carbocycles. The lowest BCUT2D eigenvalue weighted by Gasteiger charge is -2.10. The molecule has 4 rings (SSSR count). The predicted molar refractivity (Wildman–Crippen MR) is 92.7 cm³/mol. The summed E-state index contributed by atoms with van der Waals surface area (Å²) in [6.07, 6.45) is -4.45. The second-order valence-electron chi connectivity index (χ2n) is 6.08. The average Bonchev–Trinajstić information content (AvgIpc) is 2.94. The second kappa shape index (κ2) is 5.84. The molecule has 0 aliphatic rings. The highest BCUT2D eigenvalue weighted by atomic mass is 19.4. The van der Waals surface area contributed by atoms with E-state index in [0.717, 1.165) is 12.1 Å². The minimum absolute atomic E-state index is 0.0400. The van der Waals surface area contributed by atoms with Gasteiger partial charge >= 0.3 is 12.1 Å². The van der Waals surface area contributed by atoms with E-state index in [-0.39, 0.29) is 5.56 Å². The van der Waals surface area contributed by atoms with Crippen LogP contribution in [0.1, 0.15) is 15.9 Å². The summed E-state index contributed by atoms with van der Waals surface area (Å²) in [5, 5.41) is 10.2. The number of fused-ring (bicyclic) bond motifs is 3. The van der Waals surface area contributed by atoms with E-state index in [2.05, 4.69) is 0 Å². The zero-order valence-corrected chi connectivity index (χ0v) is 13.6. The Hall–Kier alpha value is -3.35. The van der Waals surface area contributed by atoms with Crippen LogP contribution in [0.15, 0.2) is 60.7 Å². The molecular formula is C20H11F4NO2. The molecule has 3 aromatic carbocycles. The van der Waals surface area contributed by atoms with Crippen LogP contribution in [0.2, 0.25) is 0 Å². The monoisotopic (exact) mass is 373 g/mol. The van der Waals surface area contributed by atoms with Crippen LogP contribution < -0.4 is 0 Å². The smallest absolute Gasteiger partial charge is 0.416 e. The summed E-state index contributed by atoms with van der Waals surface area (Å²) in [6.45, 7) is 0. The predicted octanol–water partition coefficient (Wildman–Crippen LogP) is 5.64. The lowest BCUT2D eigenvalue weighted by molar-refractivity contribution is -0.137. The fraction of sp³-hybridized carbons (Fsp3) is 0.0500. The van der Waals surface area contributed by atoms with Gasteiger partial charge in [0.1, 0.15) is 5.82 Å². The zero-order valence-electron chi connectivity index (χ0n) is 13.6. The number of alkyl halides is 3. The standard InChI is InChI=1S/C20H11F4NO2/c21-13-4-8-18-16(10-13)15-9-11(19(26)27)1-7-17(15)25(18)14-5-2-12(3-6-14)20(22,23)24/h1-10H,(H,26,27). The number of aromatic carboxylic acids is 1. The molecule has 0 aliphatic carbocycles. The fourth-order valence-electron chi connectivity index (χ4n) is 3.21. The molecule has 0 spiro atoms. The molecule has 0 radical (unpaired) electrons. The topological polar surface area (TPSA) is 42.2 Å². The van der Waals surface area contributed by atoms with Gasteiger partial charge in [0.15, 0.2) is 0 Å². The number of carbonyl (C=O) groups is 1. The third-order valence-electron chi connectivity index (χ3n) is 4.43. The molecule has 1 heterocycles. The normalized spacial score (nSPS) is 12.0. The molecule has 0 unspecified atom stereocenters. The Labute approximate surface area is 150 Å². The van der Waals surface area contributed by atoms with Crippen LogP contribution in [0.3, 0.4) is 0 Å². The highest BCUT2D eigenvalue weighted by Crippen LogP contribution is 2.35. The van der Waals surface area contributed by atoms with Gasteiger partial charge in [0, 0.05) is 16.5 Å². The summed E-state index contributed by atoms with van der Waals surface area (Å²) in [4.78, 5) is 11.3. The van der Waals surface area contributed by atoms with E-state index < -0.39 is 23.5 Å². The Morgan fingerprint density at radius 1 is 0.852 bits per heavy atom. The van der Waals surface area contributed by atoms with Crippen LogP contribution in [0.25, 0.3) is 27.5 Å². The summed E-state index contributed by atoms with van der Waals surface area (Å²) in [7, 11) is 0. The highest BCUT2D eigenvalue weighted by Gasteiger charge is 2.30. The van der Waals surface area contributed by atoms with Gasteiger partial charge in [-0.15, -0.1) is 0 Å². The maximum Gasteiger partial charge on any atom is 0.416 e. The summed E-state index contributed by atoms with van der Waals surface area (Å²) in [5.41, 5.74) is 0.858. The largest absolute Gasteiger partial charge is 0.478 e. The number of hydrogen-bond donors (Lipinski definition) is 1. The molecule has 7 heteroatoms. The number of carboxylic acids is 1. The van der Waals surface area contributed by atoms with Crippen molar-refractivity contribution in [3.05, 3.63) is 77.6 Å². The molecule has 0 saturated heterocycles. The fourth-order valence-corrected chi connectivity index (χ4v) is 3.21. The number of nitrogens with zero attached hydrogens (tertiary/aromatic N) is 1. The van der Waals surface area contributed by atoms with E-state index in [1.165, 1.54) is 42.5 Å². The van der Waals surface area contributed by atoms with E-state index in [4.69, 9.17) is 0 Å². The van der Waals surface area contributed by atoms with E-state index in [9.17, 15) is 27.5 Å². The van der Waals surface area contributed by atoms with Crippen molar-refractivity contribution < 1.29 is 27.5 Å². The summed E-state index contributed by atoms with van der Waals surface area (Å²) < 4.78 is 53.9. The molecule has 0 atom stereocenters. The molecule has 1 N–H and O–H groups in total. The maximum absolute atomic E-state index is 13.8.